The standard InChI is InChI=1S/C18H24Si/c1-19(2)16-10-6-8-14(16)18(12-4-3-5-13-18)15-9-7-11-17(15)19/h6-11,14-15H,3-5,12-13H2,1-2H3. The molecule has 19 heavy (non-hydrogen) atoms. The van der Waals surface area contributed by atoms with Gasteiger partial charge in [-0.2, -0.15) is 0 Å². The molecule has 1 heterocycles. The minimum absolute atomic E-state index is 0.540. The highest BCUT2D eigenvalue weighted by atomic mass is 28.3. The lowest BCUT2D eigenvalue weighted by atomic mass is 9.59. The molecule has 0 bridgehead atoms. The molecule has 3 aliphatic carbocycles. The zero-order valence-electron chi connectivity index (χ0n) is 12.2. The molecule has 0 aromatic rings. The van der Waals surface area contributed by atoms with Gasteiger partial charge in [-0.1, -0.05) is 79.2 Å². The van der Waals surface area contributed by atoms with Gasteiger partial charge in [-0.15, -0.1) is 0 Å². The molecule has 1 spiro atoms. The first-order chi connectivity index (χ1) is 9.16. The maximum atomic E-state index is 2.57. The Labute approximate surface area is 118 Å². The summed E-state index contributed by atoms with van der Waals surface area (Å²) in [7, 11) is -1.36. The fraction of sp³-hybridized carbons (Fsp3) is 0.556. The highest BCUT2D eigenvalue weighted by molar-refractivity contribution is 6.91. The van der Waals surface area contributed by atoms with E-state index in [4.69, 9.17) is 0 Å². The van der Waals surface area contributed by atoms with Crippen LogP contribution in [0.4, 0.5) is 0 Å². The van der Waals surface area contributed by atoms with Crippen molar-refractivity contribution < 1.29 is 0 Å². The van der Waals surface area contributed by atoms with E-state index in [2.05, 4.69) is 49.6 Å². The second-order valence-electron chi connectivity index (χ2n) is 7.39. The van der Waals surface area contributed by atoms with Crippen LogP contribution in [0.2, 0.25) is 13.1 Å². The number of fused-ring (bicyclic) bond motifs is 4. The summed E-state index contributed by atoms with van der Waals surface area (Å²) in [5.74, 6) is 1.53. The zero-order chi connectivity index (χ0) is 13.1. The summed E-state index contributed by atoms with van der Waals surface area (Å²) in [6.45, 7) is 5.14. The predicted octanol–water partition coefficient (Wildman–Crippen LogP) is 4.96. The van der Waals surface area contributed by atoms with Crippen molar-refractivity contribution in [1.82, 2.24) is 0 Å². The van der Waals surface area contributed by atoms with Gasteiger partial charge in [-0.05, 0) is 18.3 Å². The summed E-state index contributed by atoms with van der Waals surface area (Å²) in [6, 6.07) is 0. The lowest BCUT2D eigenvalue weighted by Crippen LogP contribution is -2.53. The Morgan fingerprint density at radius 1 is 0.895 bits per heavy atom. The van der Waals surface area contributed by atoms with Crippen molar-refractivity contribution in [2.75, 3.05) is 0 Å². The molecule has 2 atom stereocenters. The van der Waals surface area contributed by atoms with E-state index < -0.39 is 8.07 Å². The molecule has 0 radical (unpaired) electrons. The van der Waals surface area contributed by atoms with E-state index in [1.807, 2.05) is 10.4 Å². The van der Waals surface area contributed by atoms with Gasteiger partial charge in [0.25, 0.3) is 0 Å². The average Bonchev–Trinajstić information content (AvgIpc) is 3.08. The molecule has 1 saturated heterocycles. The largest absolute Gasteiger partial charge is 0.104 e. The van der Waals surface area contributed by atoms with Gasteiger partial charge in [-0.25, -0.2) is 0 Å². The van der Waals surface area contributed by atoms with Gasteiger partial charge in [0.15, 0.2) is 0 Å². The molecular weight excluding hydrogens is 244 g/mol. The van der Waals surface area contributed by atoms with Crippen molar-refractivity contribution in [1.29, 1.82) is 0 Å². The molecule has 0 aromatic heterocycles. The van der Waals surface area contributed by atoms with Gasteiger partial charge in [-0.3, -0.25) is 0 Å². The third-order valence-corrected chi connectivity index (χ3v) is 10.1. The Bertz CT molecular complexity index is 484. The highest BCUT2D eigenvalue weighted by Gasteiger charge is 2.57. The van der Waals surface area contributed by atoms with Crippen LogP contribution in [0.5, 0.6) is 0 Å². The first kappa shape index (κ1) is 12.0. The number of hydrogen-bond donors (Lipinski definition) is 0. The van der Waals surface area contributed by atoms with Gasteiger partial charge in [0.1, 0.15) is 8.07 Å². The van der Waals surface area contributed by atoms with Gasteiger partial charge in [0.05, 0.1) is 0 Å². The topological polar surface area (TPSA) is 0 Å². The second-order valence-corrected chi connectivity index (χ2v) is 11.8. The van der Waals surface area contributed by atoms with Gasteiger partial charge < -0.3 is 0 Å². The Hall–Kier alpha value is -0.823. The average molecular weight is 268 g/mol. The Morgan fingerprint density at radius 3 is 1.95 bits per heavy atom. The van der Waals surface area contributed by atoms with Crippen LogP contribution in [0, 0.1) is 17.3 Å². The predicted molar refractivity (Wildman–Crippen MR) is 84.4 cm³/mol. The molecule has 2 unspecified atom stereocenters. The fourth-order valence-electron chi connectivity index (χ4n) is 5.34. The van der Waals surface area contributed by atoms with E-state index in [1.165, 1.54) is 32.1 Å². The summed E-state index contributed by atoms with van der Waals surface area (Å²) in [4.78, 5) is 0. The van der Waals surface area contributed by atoms with Crippen molar-refractivity contribution in [3.8, 4) is 0 Å². The van der Waals surface area contributed by atoms with Gasteiger partial charge >= 0.3 is 0 Å². The number of hydrogen-bond acceptors (Lipinski definition) is 0. The molecule has 4 rings (SSSR count). The van der Waals surface area contributed by atoms with Crippen LogP contribution in [0.15, 0.2) is 46.8 Å². The minimum Gasteiger partial charge on any atom is -0.0771 e. The van der Waals surface area contributed by atoms with Crippen molar-refractivity contribution in [3.05, 3.63) is 46.8 Å². The van der Waals surface area contributed by atoms with E-state index in [-0.39, 0.29) is 0 Å². The molecule has 2 fully saturated rings. The monoisotopic (exact) mass is 268 g/mol. The molecule has 1 heteroatoms. The molecule has 0 N–H and O–H groups in total. The normalized spacial score (nSPS) is 36.9. The van der Waals surface area contributed by atoms with E-state index in [0.717, 1.165) is 11.8 Å². The molecule has 100 valence electrons. The summed E-state index contributed by atoms with van der Waals surface area (Å²) in [6.07, 6.45) is 22.0. The maximum Gasteiger partial charge on any atom is 0.104 e. The van der Waals surface area contributed by atoms with Crippen LogP contribution in [-0.4, -0.2) is 8.07 Å². The fourth-order valence-corrected chi connectivity index (χ4v) is 9.03. The summed E-state index contributed by atoms with van der Waals surface area (Å²) in [5, 5.41) is 3.64. The zero-order valence-corrected chi connectivity index (χ0v) is 13.2. The summed E-state index contributed by atoms with van der Waals surface area (Å²) < 4.78 is 0. The molecule has 0 nitrogen and oxygen atoms in total. The second kappa shape index (κ2) is 3.85. The SMILES string of the molecule is C[Si]1(C)C2=CC=CC2C2(CCCCC2)C2C=CC=C21. The van der Waals surface area contributed by atoms with Crippen molar-refractivity contribution in [2.45, 2.75) is 45.2 Å². The highest BCUT2D eigenvalue weighted by Crippen LogP contribution is 2.62. The lowest BCUT2D eigenvalue weighted by Gasteiger charge is -2.55. The Kier molecular flexibility index (Phi) is 2.42. The first-order valence-corrected chi connectivity index (χ1v) is 10.9. The number of rotatable bonds is 0. The van der Waals surface area contributed by atoms with Crippen LogP contribution in [0.3, 0.4) is 0 Å². The lowest BCUT2D eigenvalue weighted by molar-refractivity contribution is 0.106. The Balaban J connectivity index is 1.88. The molecule has 0 aromatic carbocycles. The van der Waals surface area contributed by atoms with E-state index >= 15 is 0 Å². The van der Waals surface area contributed by atoms with Crippen molar-refractivity contribution in [3.63, 3.8) is 0 Å². The maximum absolute atomic E-state index is 2.57. The van der Waals surface area contributed by atoms with Gasteiger partial charge in [0.2, 0.25) is 0 Å². The van der Waals surface area contributed by atoms with Crippen LogP contribution in [-0.2, 0) is 0 Å². The summed E-state index contributed by atoms with van der Waals surface area (Å²) in [5.41, 5.74) is 0.540. The smallest absolute Gasteiger partial charge is 0.0771 e. The van der Waals surface area contributed by atoms with Gasteiger partial charge in [0, 0.05) is 11.8 Å². The van der Waals surface area contributed by atoms with Crippen LogP contribution < -0.4 is 0 Å². The van der Waals surface area contributed by atoms with E-state index in [0.29, 0.717) is 5.41 Å². The third-order valence-electron chi connectivity index (χ3n) is 6.30. The molecule has 1 aliphatic heterocycles. The van der Waals surface area contributed by atoms with E-state index in [9.17, 15) is 0 Å². The van der Waals surface area contributed by atoms with Crippen LogP contribution >= 0.6 is 0 Å². The molecular formula is C18H24Si. The van der Waals surface area contributed by atoms with Crippen LogP contribution in [0.25, 0.3) is 0 Å². The first-order valence-electron chi connectivity index (χ1n) is 7.94. The quantitative estimate of drug-likeness (QED) is 0.545. The van der Waals surface area contributed by atoms with E-state index in [1.54, 1.807) is 0 Å². The molecule has 4 aliphatic rings. The van der Waals surface area contributed by atoms with Crippen molar-refractivity contribution in [2.24, 2.45) is 17.3 Å². The third kappa shape index (κ3) is 1.40. The number of allylic oxidation sites excluding steroid dienone is 8. The van der Waals surface area contributed by atoms with Crippen LogP contribution in [0.1, 0.15) is 32.1 Å². The molecule has 1 saturated carbocycles. The minimum atomic E-state index is -1.36. The summed E-state index contributed by atoms with van der Waals surface area (Å²) >= 11 is 0. The molecule has 0 amide bonds. The van der Waals surface area contributed by atoms with Crippen molar-refractivity contribution >= 4 is 8.07 Å². The Morgan fingerprint density at radius 2 is 1.42 bits per heavy atom.